The number of rotatable bonds is 4. The summed E-state index contributed by atoms with van der Waals surface area (Å²) < 4.78 is 0. The van der Waals surface area contributed by atoms with Crippen LogP contribution in [-0.2, 0) is 12.8 Å². The van der Waals surface area contributed by atoms with Gasteiger partial charge in [0.15, 0.2) is 0 Å². The van der Waals surface area contributed by atoms with Gasteiger partial charge in [-0.2, -0.15) is 0 Å². The van der Waals surface area contributed by atoms with E-state index in [-0.39, 0.29) is 12.0 Å². The van der Waals surface area contributed by atoms with Crippen LogP contribution in [0.3, 0.4) is 0 Å². The minimum Gasteiger partial charge on any atom is -0.391 e. The Kier molecular flexibility index (Phi) is 3.63. The predicted octanol–water partition coefficient (Wildman–Crippen LogP) is 2.37. The maximum absolute atomic E-state index is 12.2. The molecule has 2 N–H and O–H groups in total. The topological polar surface area (TPSA) is 49.3 Å². The van der Waals surface area contributed by atoms with E-state index >= 15 is 0 Å². The average molecular weight is 279 g/mol. The molecule has 0 aliphatic heterocycles. The number of hydrogen-bond donors (Lipinski definition) is 2. The molecule has 2 aliphatic rings. The van der Waals surface area contributed by atoms with Gasteiger partial charge >= 0.3 is 0 Å². The molecule has 2 aliphatic carbocycles. The summed E-state index contributed by atoms with van der Waals surface area (Å²) in [6.45, 7) is 2.67. The first-order valence-electron chi connectivity index (χ1n) is 7.20. The van der Waals surface area contributed by atoms with Gasteiger partial charge in [-0.05, 0) is 49.5 Å². The molecular weight excluding hydrogens is 258 g/mol. The van der Waals surface area contributed by atoms with Crippen molar-refractivity contribution in [3.05, 3.63) is 21.4 Å². The quantitative estimate of drug-likeness (QED) is 0.889. The van der Waals surface area contributed by atoms with Crippen molar-refractivity contribution in [3.8, 4) is 0 Å². The van der Waals surface area contributed by atoms with Gasteiger partial charge in [-0.1, -0.05) is 6.92 Å². The minimum absolute atomic E-state index is 0.00764. The van der Waals surface area contributed by atoms with E-state index < -0.39 is 0 Å². The van der Waals surface area contributed by atoms with E-state index in [9.17, 15) is 9.90 Å². The molecule has 1 fully saturated rings. The predicted molar refractivity (Wildman–Crippen MR) is 76.6 cm³/mol. The van der Waals surface area contributed by atoms with Crippen molar-refractivity contribution in [2.24, 2.45) is 11.8 Å². The van der Waals surface area contributed by atoms with Gasteiger partial charge in [0, 0.05) is 16.8 Å². The van der Waals surface area contributed by atoms with Gasteiger partial charge < -0.3 is 10.4 Å². The lowest BCUT2D eigenvalue weighted by Gasteiger charge is -2.19. The summed E-state index contributed by atoms with van der Waals surface area (Å²) >= 11 is 1.71. The Labute approximate surface area is 118 Å². The summed E-state index contributed by atoms with van der Waals surface area (Å²) in [5.41, 5.74) is 2.09. The van der Waals surface area contributed by atoms with Crippen LogP contribution in [0.15, 0.2) is 5.38 Å². The van der Waals surface area contributed by atoms with Crippen molar-refractivity contribution in [3.63, 3.8) is 0 Å². The number of hydrogen-bond acceptors (Lipinski definition) is 3. The smallest absolute Gasteiger partial charge is 0.252 e. The fourth-order valence-corrected chi connectivity index (χ4v) is 4.05. The molecule has 2 atom stereocenters. The first-order chi connectivity index (χ1) is 9.15. The van der Waals surface area contributed by atoms with E-state index in [0.717, 1.165) is 37.2 Å². The largest absolute Gasteiger partial charge is 0.391 e. The van der Waals surface area contributed by atoms with Gasteiger partial charge in [-0.25, -0.2) is 0 Å². The zero-order chi connectivity index (χ0) is 13.4. The lowest BCUT2D eigenvalue weighted by atomic mass is 9.88. The Morgan fingerprint density at radius 3 is 3.05 bits per heavy atom. The van der Waals surface area contributed by atoms with Gasteiger partial charge in [0.1, 0.15) is 0 Å². The molecule has 3 rings (SSSR count). The van der Waals surface area contributed by atoms with Gasteiger partial charge in [-0.15, -0.1) is 11.3 Å². The zero-order valence-electron chi connectivity index (χ0n) is 11.3. The molecule has 1 heterocycles. The fraction of sp³-hybridized carbons (Fsp3) is 0.667. The summed E-state index contributed by atoms with van der Waals surface area (Å²) in [6.07, 6.45) is 5.14. The van der Waals surface area contributed by atoms with E-state index in [1.165, 1.54) is 16.9 Å². The van der Waals surface area contributed by atoms with Crippen LogP contribution in [0.4, 0.5) is 0 Å². The Morgan fingerprint density at radius 2 is 2.32 bits per heavy atom. The molecule has 3 nitrogen and oxygen atoms in total. The van der Waals surface area contributed by atoms with Crippen molar-refractivity contribution in [1.29, 1.82) is 0 Å². The summed E-state index contributed by atoms with van der Waals surface area (Å²) in [6, 6.07) is 0. The highest BCUT2D eigenvalue weighted by Crippen LogP contribution is 2.33. The molecule has 1 amide bonds. The first kappa shape index (κ1) is 13.1. The molecule has 104 valence electrons. The van der Waals surface area contributed by atoms with Crippen LogP contribution >= 0.6 is 11.3 Å². The number of aliphatic hydroxyl groups excluding tert-OH is 1. The van der Waals surface area contributed by atoms with E-state index in [4.69, 9.17) is 0 Å². The molecule has 1 aromatic heterocycles. The van der Waals surface area contributed by atoms with Crippen molar-refractivity contribution in [2.45, 2.75) is 45.1 Å². The van der Waals surface area contributed by atoms with Gasteiger partial charge in [0.2, 0.25) is 0 Å². The fourth-order valence-electron chi connectivity index (χ4n) is 2.81. The van der Waals surface area contributed by atoms with Crippen LogP contribution in [0.1, 0.15) is 47.0 Å². The third-order valence-electron chi connectivity index (χ3n) is 4.28. The molecule has 1 saturated carbocycles. The molecule has 19 heavy (non-hydrogen) atoms. The summed E-state index contributed by atoms with van der Waals surface area (Å²) in [7, 11) is 0. The maximum atomic E-state index is 12.2. The van der Waals surface area contributed by atoms with E-state index in [0.29, 0.717) is 12.5 Å². The Bertz CT molecular complexity index is 478. The Morgan fingerprint density at radius 1 is 1.53 bits per heavy atom. The Balaban J connectivity index is 1.63. The number of aliphatic hydroxyl groups is 1. The monoisotopic (exact) mass is 279 g/mol. The van der Waals surface area contributed by atoms with Crippen molar-refractivity contribution in [2.75, 3.05) is 6.54 Å². The van der Waals surface area contributed by atoms with Gasteiger partial charge in [0.25, 0.3) is 5.91 Å². The number of carbonyl (C=O) groups excluding carboxylic acids is 1. The maximum Gasteiger partial charge on any atom is 0.252 e. The van der Waals surface area contributed by atoms with Crippen LogP contribution in [-0.4, -0.2) is 23.7 Å². The molecule has 2 unspecified atom stereocenters. The molecule has 4 heteroatoms. The third kappa shape index (κ3) is 2.84. The number of fused-ring (bicyclic) bond motifs is 1. The van der Waals surface area contributed by atoms with Crippen molar-refractivity contribution >= 4 is 17.2 Å². The molecule has 0 saturated heterocycles. The molecule has 0 spiro atoms. The number of thiophene rings is 1. The minimum atomic E-state index is -0.363. The second-order valence-corrected chi connectivity index (χ2v) is 6.98. The van der Waals surface area contributed by atoms with E-state index in [1.807, 2.05) is 5.38 Å². The van der Waals surface area contributed by atoms with Crippen LogP contribution in [0, 0.1) is 11.8 Å². The van der Waals surface area contributed by atoms with Crippen molar-refractivity contribution < 1.29 is 9.90 Å². The first-order valence-corrected chi connectivity index (χ1v) is 8.08. The summed E-state index contributed by atoms with van der Waals surface area (Å²) in [5.74, 6) is 1.14. The lowest BCUT2D eigenvalue weighted by molar-refractivity contribution is 0.0900. The zero-order valence-corrected chi connectivity index (χ0v) is 12.1. The normalized spacial score (nSPS) is 23.8. The number of amides is 1. The van der Waals surface area contributed by atoms with Crippen LogP contribution < -0.4 is 5.32 Å². The number of nitrogens with one attached hydrogen (secondary N) is 1. The molecular formula is C15H21NO2S. The second-order valence-electron chi connectivity index (χ2n) is 6.01. The van der Waals surface area contributed by atoms with Gasteiger partial charge in [-0.3, -0.25) is 4.79 Å². The van der Waals surface area contributed by atoms with Crippen molar-refractivity contribution in [1.82, 2.24) is 5.32 Å². The number of carbonyl (C=O) groups is 1. The summed E-state index contributed by atoms with van der Waals surface area (Å²) in [4.78, 5) is 13.6. The third-order valence-corrected chi connectivity index (χ3v) is 5.34. The Hall–Kier alpha value is -0.870. The van der Waals surface area contributed by atoms with E-state index in [2.05, 4.69) is 12.2 Å². The average Bonchev–Trinajstić information content (AvgIpc) is 3.16. The SMILES string of the molecule is CC1CCc2c(C(=O)NCC(O)C3CC3)csc2C1. The molecule has 0 aromatic carbocycles. The van der Waals surface area contributed by atoms with Crippen LogP contribution in [0.25, 0.3) is 0 Å². The van der Waals surface area contributed by atoms with Crippen LogP contribution in [0.2, 0.25) is 0 Å². The van der Waals surface area contributed by atoms with Crippen LogP contribution in [0.5, 0.6) is 0 Å². The highest BCUT2D eigenvalue weighted by atomic mass is 32.1. The second kappa shape index (κ2) is 5.25. The van der Waals surface area contributed by atoms with E-state index in [1.54, 1.807) is 11.3 Å². The highest BCUT2D eigenvalue weighted by Gasteiger charge is 2.30. The molecule has 0 bridgehead atoms. The summed E-state index contributed by atoms with van der Waals surface area (Å²) in [5, 5.41) is 14.7. The van der Waals surface area contributed by atoms with Gasteiger partial charge in [0.05, 0.1) is 11.7 Å². The highest BCUT2D eigenvalue weighted by molar-refractivity contribution is 7.10. The molecule has 1 aromatic rings. The lowest BCUT2D eigenvalue weighted by Crippen LogP contribution is -2.33. The molecule has 0 radical (unpaired) electrons. The standard InChI is InChI=1S/C15H21NO2S/c1-9-2-5-11-12(8-19-14(11)6-9)15(18)16-7-13(17)10-3-4-10/h8-10,13,17H,2-7H2,1H3,(H,16,18).